The summed E-state index contributed by atoms with van der Waals surface area (Å²) in [4.78, 5) is 0.601. The molecule has 1 aliphatic carbocycles. The van der Waals surface area contributed by atoms with Crippen LogP contribution in [-0.2, 0) is 16.4 Å². The number of rotatable bonds is 7. The Morgan fingerprint density at radius 1 is 1.32 bits per heavy atom. The fraction of sp³-hybridized carbons (Fsp3) is 0.571. The maximum absolute atomic E-state index is 12.1. The normalized spacial score (nSPS) is 17.4. The summed E-state index contributed by atoms with van der Waals surface area (Å²) in [5, 5.41) is 0. The molecule has 0 aliphatic heterocycles. The molecule has 3 nitrogen and oxygen atoms in total. The van der Waals surface area contributed by atoms with Crippen LogP contribution in [0.2, 0.25) is 0 Å². The van der Waals surface area contributed by atoms with Gasteiger partial charge in [-0.25, -0.2) is 13.1 Å². The molecule has 0 aromatic heterocycles. The lowest BCUT2D eigenvalue weighted by atomic mass is 10.1. The molecule has 0 amide bonds. The molecule has 1 N–H and O–H groups in total. The fourth-order valence-corrected chi connectivity index (χ4v) is 3.99. The van der Waals surface area contributed by atoms with Crippen LogP contribution in [0, 0.1) is 5.92 Å². The maximum atomic E-state index is 12.1. The molecule has 0 bridgehead atoms. The fourth-order valence-electron chi connectivity index (χ4n) is 2.02. The van der Waals surface area contributed by atoms with E-state index < -0.39 is 10.0 Å². The summed E-state index contributed by atoms with van der Waals surface area (Å²) in [5.41, 5.74) is 1.18. The van der Waals surface area contributed by atoms with Crippen molar-refractivity contribution in [3.63, 3.8) is 0 Å². The summed E-state index contributed by atoms with van der Waals surface area (Å²) in [6.45, 7) is 2.57. The van der Waals surface area contributed by atoms with E-state index >= 15 is 0 Å². The molecule has 1 aromatic rings. The smallest absolute Gasteiger partial charge is 0.210 e. The first kappa shape index (κ1) is 15.0. The zero-order chi connectivity index (χ0) is 13.9. The predicted molar refractivity (Wildman–Crippen MR) is 81.1 cm³/mol. The lowest BCUT2D eigenvalue weighted by Crippen LogP contribution is -2.30. The Kier molecular flexibility index (Phi) is 5.03. The molecule has 1 fully saturated rings. The van der Waals surface area contributed by atoms with Gasteiger partial charge in [-0.3, -0.25) is 0 Å². The van der Waals surface area contributed by atoms with E-state index in [0.717, 1.165) is 12.8 Å². The van der Waals surface area contributed by atoms with Crippen LogP contribution < -0.4 is 4.72 Å². The number of sulfonamides is 1. The third kappa shape index (κ3) is 4.29. The highest BCUT2D eigenvalue weighted by Crippen LogP contribution is 2.36. The Hall–Kier alpha value is -0.390. The van der Waals surface area contributed by atoms with E-state index in [1.807, 2.05) is 12.1 Å². The predicted octanol–water partition coefficient (Wildman–Crippen LogP) is 3.09. The van der Waals surface area contributed by atoms with E-state index in [1.54, 1.807) is 12.1 Å². The van der Waals surface area contributed by atoms with Gasteiger partial charge in [-0.15, -0.1) is 0 Å². The molecule has 1 saturated carbocycles. The van der Waals surface area contributed by atoms with Gasteiger partial charge in [0.05, 0.1) is 4.90 Å². The standard InChI is InChI=1S/C14H20BrNO2S/c1-2-3-11-4-8-13(9-5-11)19(17,18)16-10-14(15)12-6-7-12/h4-5,8-9,12,14,16H,2-3,6-7,10H2,1H3. The summed E-state index contributed by atoms with van der Waals surface area (Å²) < 4.78 is 26.9. The van der Waals surface area contributed by atoms with Gasteiger partial charge in [0, 0.05) is 11.4 Å². The van der Waals surface area contributed by atoms with Gasteiger partial charge >= 0.3 is 0 Å². The number of benzene rings is 1. The number of alkyl halides is 1. The maximum Gasteiger partial charge on any atom is 0.240 e. The molecule has 1 atom stereocenters. The number of hydrogen-bond donors (Lipinski definition) is 1. The number of halogens is 1. The van der Waals surface area contributed by atoms with Gasteiger partial charge < -0.3 is 0 Å². The van der Waals surface area contributed by atoms with Crippen molar-refractivity contribution in [2.24, 2.45) is 5.92 Å². The average molecular weight is 346 g/mol. The molecular formula is C14H20BrNO2S. The number of nitrogens with one attached hydrogen (secondary N) is 1. The lowest BCUT2D eigenvalue weighted by Gasteiger charge is -2.11. The lowest BCUT2D eigenvalue weighted by molar-refractivity contribution is 0.577. The molecule has 1 aromatic carbocycles. The Morgan fingerprint density at radius 2 is 1.95 bits per heavy atom. The Morgan fingerprint density at radius 3 is 2.47 bits per heavy atom. The minimum atomic E-state index is -3.37. The summed E-state index contributed by atoms with van der Waals surface area (Å²) >= 11 is 3.54. The van der Waals surface area contributed by atoms with Gasteiger partial charge in [0.1, 0.15) is 0 Å². The summed E-state index contributed by atoms with van der Waals surface area (Å²) in [5.74, 6) is 0.634. The van der Waals surface area contributed by atoms with Crippen LogP contribution in [0.1, 0.15) is 31.7 Å². The van der Waals surface area contributed by atoms with Crippen molar-refractivity contribution < 1.29 is 8.42 Å². The summed E-state index contributed by atoms with van der Waals surface area (Å²) in [6.07, 6.45) is 4.45. The van der Waals surface area contributed by atoms with Crippen LogP contribution in [0.15, 0.2) is 29.2 Å². The Balaban J connectivity index is 1.97. The molecule has 19 heavy (non-hydrogen) atoms. The Labute approximate surface area is 124 Å². The van der Waals surface area contributed by atoms with Crippen molar-refractivity contribution in [1.82, 2.24) is 4.72 Å². The van der Waals surface area contributed by atoms with Crippen molar-refractivity contribution >= 4 is 26.0 Å². The van der Waals surface area contributed by atoms with Crippen molar-refractivity contribution in [2.75, 3.05) is 6.54 Å². The van der Waals surface area contributed by atoms with Crippen molar-refractivity contribution in [3.8, 4) is 0 Å². The highest BCUT2D eigenvalue weighted by atomic mass is 79.9. The van der Waals surface area contributed by atoms with E-state index in [4.69, 9.17) is 0 Å². The van der Waals surface area contributed by atoms with Gasteiger partial charge in [-0.2, -0.15) is 0 Å². The van der Waals surface area contributed by atoms with Gasteiger partial charge in [-0.1, -0.05) is 41.4 Å². The van der Waals surface area contributed by atoms with Gasteiger partial charge in [0.2, 0.25) is 10.0 Å². The van der Waals surface area contributed by atoms with Gasteiger partial charge in [-0.05, 0) is 42.9 Å². The topological polar surface area (TPSA) is 46.2 Å². The average Bonchev–Trinajstić information content (AvgIpc) is 3.21. The van der Waals surface area contributed by atoms with Crippen LogP contribution in [0.25, 0.3) is 0 Å². The van der Waals surface area contributed by atoms with Crippen LogP contribution in [0.3, 0.4) is 0 Å². The quantitative estimate of drug-likeness (QED) is 0.771. The molecule has 106 valence electrons. The monoisotopic (exact) mass is 345 g/mol. The van der Waals surface area contributed by atoms with E-state index in [9.17, 15) is 8.42 Å². The van der Waals surface area contributed by atoms with Crippen LogP contribution in [0.4, 0.5) is 0 Å². The molecular weight excluding hydrogens is 326 g/mol. The van der Waals surface area contributed by atoms with Crippen molar-refractivity contribution in [3.05, 3.63) is 29.8 Å². The van der Waals surface area contributed by atoms with E-state index in [2.05, 4.69) is 27.6 Å². The SMILES string of the molecule is CCCc1ccc(S(=O)(=O)NCC(Br)C2CC2)cc1. The van der Waals surface area contributed by atoms with Crippen LogP contribution >= 0.6 is 15.9 Å². The first-order chi connectivity index (χ1) is 9.03. The minimum absolute atomic E-state index is 0.252. The second-order valence-electron chi connectivity index (χ2n) is 5.10. The van der Waals surface area contributed by atoms with Crippen molar-refractivity contribution in [2.45, 2.75) is 42.3 Å². The van der Waals surface area contributed by atoms with E-state index in [1.165, 1.54) is 18.4 Å². The zero-order valence-corrected chi connectivity index (χ0v) is 13.5. The molecule has 0 saturated heterocycles. The minimum Gasteiger partial charge on any atom is -0.210 e. The Bertz CT molecular complexity index is 509. The largest absolute Gasteiger partial charge is 0.240 e. The molecule has 1 aliphatic rings. The highest BCUT2D eigenvalue weighted by Gasteiger charge is 2.30. The van der Waals surface area contributed by atoms with Crippen molar-refractivity contribution in [1.29, 1.82) is 0 Å². The third-order valence-corrected chi connectivity index (χ3v) is 5.89. The third-order valence-electron chi connectivity index (χ3n) is 3.37. The second kappa shape index (κ2) is 6.37. The van der Waals surface area contributed by atoms with Crippen LogP contribution in [0.5, 0.6) is 0 Å². The molecule has 0 heterocycles. The molecule has 5 heteroatoms. The highest BCUT2D eigenvalue weighted by molar-refractivity contribution is 9.09. The first-order valence-electron chi connectivity index (χ1n) is 6.75. The van der Waals surface area contributed by atoms with Gasteiger partial charge in [0.25, 0.3) is 0 Å². The van der Waals surface area contributed by atoms with Gasteiger partial charge in [0.15, 0.2) is 0 Å². The van der Waals surface area contributed by atoms with E-state index in [-0.39, 0.29) is 4.83 Å². The molecule has 0 spiro atoms. The summed E-state index contributed by atoms with van der Waals surface area (Å²) in [7, 11) is -3.37. The van der Waals surface area contributed by atoms with Crippen LogP contribution in [-0.4, -0.2) is 19.8 Å². The first-order valence-corrected chi connectivity index (χ1v) is 9.15. The number of aryl methyl sites for hydroxylation is 1. The zero-order valence-electron chi connectivity index (χ0n) is 11.1. The molecule has 0 radical (unpaired) electrons. The molecule has 2 rings (SSSR count). The molecule has 1 unspecified atom stereocenters. The summed E-state index contributed by atoms with van der Waals surface area (Å²) in [6, 6.07) is 7.16. The number of hydrogen-bond acceptors (Lipinski definition) is 2. The van der Waals surface area contributed by atoms with E-state index in [0.29, 0.717) is 17.4 Å². The second-order valence-corrected chi connectivity index (χ2v) is 8.04.